The third-order valence-electron chi connectivity index (χ3n) is 0.527. The number of rotatable bonds is 1. The van der Waals surface area contributed by atoms with Crippen molar-refractivity contribution in [2.75, 3.05) is 0 Å². The third kappa shape index (κ3) is 45.0. The van der Waals surface area contributed by atoms with Gasteiger partial charge in [-0.3, -0.25) is 12.5 Å². The van der Waals surface area contributed by atoms with Crippen molar-refractivity contribution in [2.24, 2.45) is 0 Å². The maximum atomic E-state index is 7.86. The molecule has 0 spiro atoms. The summed E-state index contributed by atoms with van der Waals surface area (Å²) in [4.78, 5) is 0. The number of allylic oxidation sites excluding steroid dienone is 3. The minimum Gasteiger partial charge on any atom is -0.293 e. The van der Waals surface area contributed by atoms with Crippen molar-refractivity contribution in [3.05, 3.63) is 30.7 Å². The minimum absolute atomic E-state index is 0. The molecular formula is C9H13CoN. The van der Waals surface area contributed by atoms with Crippen molar-refractivity contribution in [1.29, 1.82) is 5.26 Å². The molecule has 0 aromatic heterocycles. The van der Waals surface area contributed by atoms with E-state index in [4.69, 9.17) is 11.8 Å². The average Bonchev–Trinajstić information content (AvgIpc) is 1.91. The zero-order valence-corrected chi connectivity index (χ0v) is 8.13. The van der Waals surface area contributed by atoms with Gasteiger partial charge in [-0.25, -0.2) is 17.4 Å². The van der Waals surface area contributed by atoms with Crippen LogP contribution in [0.15, 0.2) is 18.2 Å². The van der Waals surface area contributed by atoms with Crippen molar-refractivity contribution in [3.8, 4) is 6.07 Å². The van der Waals surface area contributed by atoms with Crippen LogP contribution in [0, 0.1) is 23.8 Å². The Balaban J connectivity index is -0.000000107. The van der Waals surface area contributed by atoms with Gasteiger partial charge in [0.05, 0.1) is 0 Å². The van der Waals surface area contributed by atoms with E-state index in [1.54, 1.807) is 19.9 Å². The molecule has 0 rings (SSSR count). The van der Waals surface area contributed by atoms with Crippen LogP contribution in [0.2, 0.25) is 0 Å². The minimum atomic E-state index is 0. The largest absolute Gasteiger partial charge is 2.00 e. The van der Waals surface area contributed by atoms with E-state index >= 15 is 0 Å². The van der Waals surface area contributed by atoms with Gasteiger partial charge in [-0.2, -0.15) is 19.9 Å². The van der Waals surface area contributed by atoms with Gasteiger partial charge >= 0.3 is 16.8 Å². The van der Waals surface area contributed by atoms with Crippen molar-refractivity contribution < 1.29 is 16.8 Å². The molecule has 0 unspecified atom stereocenters. The molecule has 0 aromatic carbocycles. The summed E-state index contributed by atoms with van der Waals surface area (Å²) in [6, 6.07) is 1.94. The maximum Gasteiger partial charge on any atom is 2.00 e. The standard InChI is InChI=1S/C5H7.C4H6N.Co/c1-3-5-4-2;1-4(2)3-5;/h1,3-5H,2H3;1-2H3;/q2*-1;+2. The first-order valence-electron chi connectivity index (χ1n) is 3.05. The second-order valence-electron chi connectivity index (χ2n) is 1.83. The van der Waals surface area contributed by atoms with Crippen LogP contribution in [0.4, 0.5) is 0 Å². The molecule has 0 saturated carbocycles. The molecule has 2 heteroatoms. The van der Waals surface area contributed by atoms with Gasteiger partial charge in [-0.05, 0) is 0 Å². The molecule has 0 saturated heterocycles. The summed E-state index contributed by atoms with van der Waals surface area (Å²) in [5.74, 6) is 0.810. The Morgan fingerprint density at radius 3 is 1.82 bits per heavy atom. The molecule has 0 N–H and O–H groups in total. The molecule has 1 radical (unpaired) electrons. The first-order chi connectivity index (χ1) is 4.68. The van der Waals surface area contributed by atoms with Crippen LogP contribution in [-0.2, 0) is 16.8 Å². The molecule has 0 heterocycles. The van der Waals surface area contributed by atoms with Crippen LogP contribution in [0.1, 0.15) is 20.8 Å². The van der Waals surface area contributed by atoms with E-state index in [0.717, 1.165) is 5.92 Å². The molecule has 0 amide bonds. The molecule has 11 heavy (non-hydrogen) atoms. The number of nitrogens with zero attached hydrogens (tertiary/aromatic N) is 1. The zero-order valence-electron chi connectivity index (χ0n) is 7.09. The molecule has 0 atom stereocenters. The van der Waals surface area contributed by atoms with Crippen LogP contribution < -0.4 is 0 Å². The van der Waals surface area contributed by atoms with Gasteiger partial charge in [0, 0.05) is 0 Å². The van der Waals surface area contributed by atoms with Gasteiger partial charge < -0.3 is 0 Å². The predicted octanol–water partition coefficient (Wildman–Crippen LogP) is 2.67. The first kappa shape index (κ1) is 16.7. The second-order valence-corrected chi connectivity index (χ2v) is 1.83. The predicted molar refractivity (Wildman–Crippen MR) is 43.9 cm³/mol. The van der Waals surface area contributed by atoms with E-state index in [-0.39, 0.29) is 16.8 Å². The smallest absolute Gasteiger partial charge is 0.293 e. The summed E-state index contributed by atoms with van der Waals surface area (Å²) in [7, 11) is 0. The Bertz CT molecular complexity index is 131. The van der Waals surface area contributed by atoms with Crippen LogP contribution in [0.5, 0.6) is 0 Å². The summed E-state index contributed by atoms with van der Waals surface area (Å²) in [5, 5.41) is 7.86. The maximum absolute atomic E-state index is 7.86. The van der Waals surface area contributed by atoms with Crippen LogP contribution in [-0.4, -0.2) is 0 Å². The monoisotopic (exact) mass is 194 g/mol. The number of nitriles is 1. The van der Waals surface area contributed by atoms with Crippen LogP contribution in [0.25, 0.3) is 0 Å². The number of hydrogen-bond donors (Lipinski definition) is 0. The van der Waals surface area contributed by atoms with E-state index in [0.29, 0.717) is 0 Å². The zero-order chi connectivity index (χ0) is 8.41. The SMILES string of the molecule is C[C-](C)C#N.[CH-]=CC=CC.[Co+2]. The average molecular weight is 194 g/mol. The molecule has 0 bridgehead atoms. The van der Waals surface area contributed by atoms with E-state index in [1.807, 2.05) is 19.1 Å². The van der Waals surface area contributed by atoms with Crippen LogP contribution in [0.3, 0.4) is 0 Å². The Morgan fingerprint density at radius 1 is 1.45 bits per heavy atom. The molecule has 0 aliphatic carbocycles. The van der Waals surface area contributed by atoms with Crippen molar-refractivity contribution in [3.63, 3.8) is 0 Å². The van der Waals surface area contributed by atoms with Crippen molar-refractivity contribution in [2.45, 2.75) is 20.8 Å². The molecule has 0 aliphatic heterocycles. The fourth-order valence-corrected chi connectivity index (χ4v) is 0.111. The topological polar surface area (TPSA) is 23.8 Å². The summed E-state index contributed by atoms with van der Waals surface area (Å²) in [5.41, 5.74) is 0. The van der Waals surface area contributed by atoms with Gasteiger partial charge in [-0.1, -0.05) is 6.92 Å². The second kappa shape index (κ2) is 16.2. The van der Waals surface area contributed by atoms with E-state index in [2.05, 4.69) is 0 Å². The summed E-state index contributed by atoms with van der Waals surface area (Å²) < 4.78 is 0. The van der Waals surface area contributed by atoms with E-state index in [1.165, 1.54) is 6.08 Å². The molecule has 1 nitrogen and oxygen atoms in total. The Hall–Kier alpha value is -0.654. The van der Waals surface area contributed by atoms with Crippen LogP contribution >= 0.6 is 0 Å². The summed E-state index contributed by atoms with van der Waals surface area (Å²) in [6.07, 6.45) is 5.15. The summed E-state index contributed by atoms with van der Waals surface area (Å²) in [6.45, 7) is 10.4. The fourth-order valence-electron chi connectivity index (χ4n) is 0.111. The molecule has 63 valence electrons. The van der Waals surface area contributed by atoms with E-state index < -0.39 is 0 Å². The Morgan fingerprint density at radius 2 is 1.82 bits per heavy atom. The quantitative estimate of drug-likeness (QED) is 0.465. The van der Waals surface area contributed by atoms with Crippen molar-refractivity contribution in [1.82, 2.24) is 0 Å². The Kier molecular flexibility index (Phi) is 24.6. The van der Waals surface area contributed by atoms with Gasteiger partial charge in [0.25, 0.3) is 0 Å². The van der Waals surface area contributed by atoms with Gasteiger partial charge in [-0.15, -0.1) is 6.07 Å². The third-order valence-corrected chi connectivity index (χ3v) is 0.527. The van der Waals surface area contributed by atoms with Gasteiger partial charge in [0.2, 0.25) is 0 Å². The normalized spacial score (nSPS) is 6.73. The fraction of sp³-hybridized carbons (Fsp3) is 0.333. The van der Waals surface area contributed by atoms with E-state index in [9.17, 15) is 0 Å². The molecule has 0 fully saturated rings. The first-order valence-corrected chi connectivity index (χ1v) is 3.05. The number of hydrogen-bond acceptors (Lipinski definition) is 1. The van der Waals surface area contributed by atoms with Crippen molar-refractivity contribution >= 4 is 0 Å². The summed E-state index contributed by atoms with van der Waals surface area (Å²) >= 11 is 0. The Labute approximate surface area is 80.0 Å². The molecular weight excluding hydrogens is 181 g/mol. The van der Waals surface area contributed by atoms with Gasteiger partial charge in [0.1, 0.15) is 0 Å². The molecule has 0 aromatic rings. The molecule has 0 aliphatic rings. The van der Waals surface area contributed by atoms with Gasteiger partial charge in [0.15, 0.2) is 0 Å².